The van der Waals surface area contributed by atoms with Crippen molar-refractivity contribution < 1.29 is 0 Å². The first-order chi connectivity index (χ1) is 12.3. The Morgan fingerprint density at radius 3 is 2.76 bits per heavy atom. The first-order valence-electron chi connectivity index (χ1n) is 9.23. The maximum atomic E-state index is 6.14. The number of aromatic nitrogens is 2. The van der Waals surface area contributed by atoms with Crippen LogP contribution in [0.4, 0.5) is 5.69 Å². The summed E-state index contributed by atoms with van der Waals surface area (Å²) in [6.07, 6.45) is 4.44. The molecule has 3 heterocycles. The summed E-state index contributed by atoms with van der Waals surface area (Å²) in [6, 6.07) is 11.0. The molecular formula is C19H26ClN5. The number of benzene rings is 1. The van der Waals surface area contributed by atoms with Crippen LogP contribution in [0.25, 0.3) is 0 Å². The number of anilines is 1. The summed E-state index contributed by atoms with van der Waals surface area (Å²) in [5.41, 5.74) is 2.46. The highest BCUT2D eigenvalue weighted by Gasteiger charge is 2.28. The number of piperidine rings is 1. The van der Waals surface area contributed by atoms with Gasteiger partial charge in [0, 0.05) is 67.9 Å². The molecule has 6 heteroatoms. The Bertz CT molecular complexity index is 666. The summed E-state index contributed by atoms with van der Waals surface area (Å²) in [7, 11) is 0. The van der Waals surface area contributed by atoms with E-state index in [4.69, 9.17) is 11.6 Å². The molecule has 2 aromatic rings. The predicted octanol–water partition coefficient (Wildman–Crippen LogP) is 2.85. The highest BCUT2D eigenvalue weighted by molar-refractivity contribution is 6.30. The molecule has 2 fully saturated rings. The zero-order valence-corrected chi connectivity index (χ0v) is 15.3. The molecule has 0 saturated carbocycles. The van der Waals surface area contributed by atoms with Crippen LogP contribution < -0.4 is 4.90 Å². The highest BCUT2D eigenvalue weighted by atomic mass is 35.5. The lowest BCUT2D eigenvalue weighted by Crippen LogP contribution is -2.55. The van der Waals surface area contributed by atoms with E-state index in [1.807, 2.05) is 18.3 Å². The van der Waals surface area contributed by atoms with Gasteiger partial charge >= 0.3 is 0 Å². The largest absolute Gasteiger partial charge is 0.369 e. The van der Waals surface area contributed by atoms with Gasteiger partial charge in [-0.25, -0.2) is 0 Å². The molecule has 4 rings (SSSR count). The minimum Gasteiger partial charge on any atom is -0.369 e. The average molecular weight is 360 g/mol. The quantitative estimate of drug-likeness (QED) is 0.911. The van der Waals surface area contributed by atoms with Crippen LogP contribution in [-0.4, -0.2) is 65.3 Å². The van der Waals surface area contributed by atoms with Crippen LogP contribution in [-0.2, 0) is 6.54 Å². The van der Waals surface area contributed by atoms with Crippen molar-refractivity contribution in [2.45, 2.75) is 25.4 Å². The number of hydrogen-bond acceptors (Lipinski definition) is 4. The molecule has 0 radical (unpaired) electrons. The normalized spacial score (nSPS) is 23.1. The van der Waals surface area contributed by atoms with Crippen molar-refractivity contribution in [1.82, 2.24) is 20.0 Å². The fourth-order valence-electron chi connectivity index (χ4n) is 4.10. The molecule has 0 amide bonds. The summed E-state index contributed by atoms with van der Waals surface area (Å²) < 4.78 is 0. The number of aromatic amines is 1. The average Bonchev–Trinajstić information content (AvgIpc) is 3.15. The lowest BCUT2D eigenvalue weighted by molar-refractivity contribution is 0.0881. The number of nitrogens with one attached hydrogen (secondary N) is 1. The van der Waals surface area contributed by atoms with Gasteiger partial charge in [0.05, 0.1) is 0 Å². The Morgan fingerprint density at radius 1 is 1.12 bits per heavy atom. The zero-order chi connectivity index (χ0) is 17.1. The molecule has 2 aliphatic rings. The van der Waals surface area contributed by atoms with E-state index in [0.717, 1.165) is 44.3 Å². The number of halogens is 1. The van der Waals surface area contributed by atoms with E-state index in [1.54, 1.807) is 0 Å². The standard InChI is InChI=1S/C19H26ClN5/c20-16-3-1-4-18(13-16)24-9-11-25(12-10-24)19-5-2-8-23(15-19)14-17-6-7-21-22-17/h1,3-4,6-7,13,19H,2,5,8-12,14-15H2,(H,21,22)/t19-/m0/s1. The number of H-pyrrole nitrogens is 1. The fraction of sp³-hybridized carbons (Fsp3) is 0.526. The summed E-state index contributed by atoms with van der Waals surface area (Å²) in [4.78, 5) is 7.69. The molecule has 0 unspecified atom stereocenters. The molecule has 0 aliphatic carbocycles. The van der Waals surface area contributed by atoms with Gasteiger partial charge in [0.1, 0.15) is 0 Å². The van der Waals surface area contributed by atoms with Crippen LogP contribution in [0, 0.1) is 0 Å². The van der Waals surface area contributed by atoms with Gasteiger partial charge in [-0.05, 0) is 43.7 Å². The Hall–Kier alpha value is -1.56. The smallest absolute Gasteiger partial charge is 0.0492 e. The monoisotopic (exact) mass is 359 g/mol. The molecule has 5 nitrogen and oxygen atoms in total. The van der Waals surface area contributed by atoms with E-state index in [2.05, 4.69) is 43.1 Å². The van der Waals surface area contributed by atoms with E-state index in [-0.39, 0.29) is 0 Å². The number of nitrogens with zero attached hydrogens (tertiary/aromatic N) is 4. The summed E-state index contributed by atoms with van der Waals surface area (Å²) in [5.74, 6) is 0. The molecule has 0 spiro atoms. The van der Waals surface area contributed by atoms with Gasteiger partial charge in [-0.15, -0.1) is 0 Å². The van der Waals surface area contributed by atoms with Crippen LogP contribution in [0.2, 0.25) is 5.02 Å². The van der Waals surface area contributed by atoms with Crippen molar-refractivity contribution in [3.63, 3.8) is 0 Å². The molecule has 0 bridgehead atoms. The molecule has 1 N–H and O–H groups in total. The number of piperazine rings is 1. The summed E-state index contributed by atoms with van der Waals surface area (Å²) >= 11 is 6.14. The van der Waals surface area contributed by atoms with Crippen LogP contribution >= 0.6 is 11.6 Å². The number of rotatable bonds is 4. The van der Waals surface area contributed by atoms with Crippen LogP contribution in [0.15, 0.2) is 36.5 Å². The van der Waals surface area contributed by atoms with Crippen molar-refractivity contribution in [2.24, 2.45) is 0 Å². The highest BCUT2D eigenvalue weighted by Crippen LogP contribution is 2.23. The summed E-state index contributed by atoms with van der Waals surface area (Å²) in [6.45, 7) is 7.77. The van der Waals surface area contributed by atoms with Crippen molar-refractivity contribution in [3.8, 4) is 0 Å². The number of hydrogen-bond donors (Lipinski definition) is 1. The molecule has 2 saturated heterocycles. The lowest BCUT2D eigenvalue weighted by atomic mass is 10.0. The molecule has 1 atom stereocenters. The minimum absolute atomic E-state index is 0.679. The Balaban J connectivity index is 1.31. The molecule has 2 aliphatic heterocycles. The van der Waals surface area contributed by atoms with Gasteiger partial charge in [0.15, 0.2) is 0 Å². The third-order valence-electron chi connectivity index (χ3n) is 5.44. The van der Waals surface area contributed by atoms with Gasteiger partial charge in [0.25, 0.3) is 0 Å². The molecule has 1 aromatic heterocycles. The lowest BCUT2D eigenvalue weighted by Gasteiger charge is -2.44. The molecule has 134 valence electrons. The second-order valence-corrected chi connectivity index (χ2v) is 7.55. The SMILES string of the molecule is Clc1cccc(N2CCN([C@H]3CCCN(Cc4ccn[nH]4)C3)CC2)c1. The van der Waals surface area contributed by atoms with Gasteiger partial charge < -0.3 is 4.90 Å². The maximum absolute atomic E-state index is 6.14. The van der Waals surface area contributed by atoms with E-state index < -0.39 is 0 Å². The molecule has 25 heavy (non-hydrogen) atoms. The number of likely N-dealkylation sites (tertiary alicyclic amines) is 1. The van der Waals surface area contributed by atoms with Gasteiger partial charge in [-0.1, -0.05) is 17.7 Å². The Kier molecular flexibility index (Phi) is 5.25. The molecular weight excluding hydrogens is 334 g/mol. The fourth-order valence-corrected chi connectivity index (χ4v) is 4.29. The van der Waals surface area contributed by atoms with Crippen molar-refractivity contribution >= 4 is 17.3 Å². The minimum atomic E-state index is 0.679. The van der Waals surface area contributed by atoms with Gasteiger partial charge in [-0.2, -0.15) is 5.10 Å². The second-order valence-electron chi connectivity index (χ2n) is 7.12. The van der Waals surface area contributed by atoms with Crippen LogP contribution in [0.5, 0.6) is 0 Å². The topological polar surface area (TPSA) is 38.4 Å². The van der Waals surface area contributed by atoms with E-state index in [0.29, 0.717) is 6.04 Å². The summed E-state index contributed by atoms with van der Waals surface area (Å²) in [5, 5.41) is 7.97. The second kappa shape index (κ2) is 7.77. The van der Waals surface area contributed by atoms with Crippen molar-refractivity contribution in [1.29, 1.82) is 0 Å². The van der Waals surface area contributed by atoms with Crippen molar-refractivity contribution in [2.75, 3.05) is 44.2 Å². The van der Waals surface area contributed by atoms with E-state index >= 15 is 0 Å². The van der Waals surface area contributed by atoms with Gasteiger partial charge in [0.2, 0.25) is 0 Å². The maximum Gasteiger partial charge on any atom is 0.0492 e. The van der Waals surface area contributed by atoms with Gasteiger partial charge in [-0.3, -0.25) is 14.9 Å². The van der Waals surface area contributed by atoms with E-state index in [1.165, 1.54) is 30.8 Å². The van der Waals surface area contributed by atoms with Crippen LogP contribution in [0.1, 0.15) is 18.5 Å². The molecule has 1 aromatic carbocycles. The van der Waals surface area contributed by atoms with Crippen LogP contribution in [0.3, 0.4) is 0 Å². The van der Waals surface area contributed by atoms with E-state index in [9.17, 15) is 0 Å². The zero-order valence-electron chi connectivity index (χ0n) is 14.6. The third kappa shape index (κ3) is 4.17. The van der Waals surface area contributed by atoms with Crippen molar-refractivity contribution in [3.05, 3.63) is 47.2 Å². The first-order valence-corrected chi connectivity index (χ1v) is 9.61. The predicted molar refractivity (Wildman–Crippen MR) is 102 cm³/mol. The Labute approximate surface area is 154 Å². The first kappa shape index (κ1) is 16.9. The Morgan fingerprint density at radius 2 is 2.00 bits per heavy atom. The third-order valence-corrected chi connectivity index (χ3v) is 5.67.